The normalized spacial score (nSPS) is 27.1. The summed E-state index contributed by atoms with van der Waals surface area (Å²) in [6.07, 6.45) is 0.522. The number of hydrogen-bond acceptors (Lipinski definition) is 5. The minimum atomic E-state index is -1.10. The lowest BCUT2D eigenvalue weighted by atomic mass is 9.92. The van der Waals surface area contributed by atoms with Crippen LogP contribution in [0.15, 0.2) is 42.9 Å². The van der Waals surface area contributed by atoms with E-state index in [0.717, 1.165) is 11.1 Å². The van der Waals surface area contributed by atoms with Crippen LogP contribution in [0.3, 0.4) is 0 Å². The molecule has 0 unspecified atom stereocenters. The van der Waals surface area contributed by atoms with Gasteiger partial charge in [-0.05, 0) is 37.1 Å². The first kappa shape index (κ1) is 17.1. The minimum absolute atomic E-state index is 0.369. The van der Waals surface area contributed by atoms with Crippen LogP contribution in [0.4, 0.5) is 4.39 Å². The van der Waals surface area contributed by atoms with E-state index < -0.39 is 30.3 Å². The van der Waals surface area contributed by atoms with Crippen LogP contribution in [0.1, 0.15) is 29.8 Å². The third-order valence-corrected chi connectivity index (χ3v) is 5.38. The van der Waals surface area contributed by atoms with Gasteiger partial charge in [-0.3, -0.25) is 0 Å². The van der Waals surface area contributed by atoms with Crippen LogP contribution in [0.5, 0.6) is 0 Å². The molecule has 3 N–H and O–H groups in total. The monoisotopic (exact) mass is 357 g/mol. The number of aliphatic hydroxyl groups excluding tert-OH is 3. The average Bonchev–Trinajstić information content (AvgIpc) is 3.18. The van der Waals surface area contributed by atoms with Crippen molar-refractivity contribution in [1.82, 2.24) is 14.5 Å². The van der Waals surface area contributed by atoms with E-state index in [1.165, 1.54) is 30.6 Å². The molecular weight excluding hydrogens is 337 g/mol. The van der Waals surface area contributed by atoms with Crippen molar-refractivity contribution >= 4 is 11.0 Å². The Bertz CT molecular complexity index is 927. The highest BCUT2D eigenvalue weighted by Gasteiger charge is 2.46. The van der Waals surface area contributed by atoms with Crippen molar-refractivity contribution in [3.63, 3.8) is 0 Å². The predicted octanol–water partition coefficient (Wildman–Crippen LogP) is 1.90. The van der Waals surface area contributed by atoms with E-state index in [1.54, 1.807) is 0 Å². The molecule has 0 spiro atoms. The molecule has 0 radical (unpaired) electrons. The van der Waals surface area contributed by atoms with Gasteiger partial charge in [0.2, 0.25) is 0 Å². The van der Waals surface area contributed by atoms with Crippen molar-refractivity contribution in [3.05, 3.63) is 59.9 Å². The second-order valence-corrected chi connectivity index (χ2v) is 6.86. The van der Waals surface area contributed by atoms with Gasteiger partial charge in [0.1, 0.15) is 23.9 Å². The molecule has 5 atom stereocenters. The first-order chi connectivity index (χ1) is 12.5. The summed E-state index contributed by atoms with van der Waals surface area (Å²) in [7, 11) is 0. The second-order valence-electron chi connectivity index (χ2n) is 6.86. The van der Waals surface area contributed by atoms with E-state index in [1.807, 2.05) is 23.8 Å². The molecule has 0 amide bonds. The maximum atomic E-state index is 13.1. The van der Waals surface area contributed by atoms with Gasteiger partial charge in [0.05, 0.1) is 23.9 Å². The topological polar surface area (TPSA) is 91.4 Å². The van der Waals surface area contributed by atoms with Crippen LogP contribution in [0, 0.1) is 18.7 Å². The molecule has 3 aromatic rings. The zero-order valence-corrected chi connectivity index (χ0v) is 14.2. The fraction of sp³-hybridized carbons (Fsp3) is 0.368. The summed E-state index contributed by atoms with van der Waals surface area (Å²) in [4.78, 5) is 8.46. The van der Waals surface area contributed by atoms with Gasteiger partial charge in [0, 0.05) is 17.5 Å². The Balaban J connectivity index is 1.65. The molecule has 7 heteroatoms. The van der Waals surface area contributed by atoms with Crippen molar-refractivity contribution in [2.75, 3.05) is 0 Å². The molecule has 0 saturated heterocycles. The number of fused-ring (bicyclic) bond motifs is 1. The first-order valence-corrected chi connectivity index (χ1v) is 8.55. The van der Waals surface area contributed by atoms with Gasteiger partial charge < -0.3 is 19.9 Å². The van der Waals surface area contributed by atoms with Crippen LogP contribution in [-0.2, 0) is 0 Å². The number of halogens is 1. The number of benzene rings is 1. The number of aromatic nitrogens is 3. The Morgan fingerprint density at radius 1 is 1.12 bits per heavy atom. The maximum Gasteiger partial charge on any atom is 0.143 e. The lowest BCUT2D eigenvalue weighted by Crippen LogP contribution is -2.31. The summed E-state index contributed by atoms with van der Waals surface area (Å²) < 4.78 is 14.9. The van der Waals surface area contributed by atoms with E-state index in [2.05, 4.69) is 9.97 Å². The molecule has 1 aliphatic rings. The van der Waals surface area contributed by atoms with Crippen molar-refractivity contribution in [3.8, 4) is 0 Å². The van der Waals surface area contributed by atoms with Crippen LogP contribution in [0.25, 0.3) is 11.0 Å². The zero-order chi connectivity index (χ0) is 18.4. The van der Waals surface area contributed by atoms with Gasteiger partial charge >= 0.3 is 0 Å². The van der Waals surface area contributed by atoms with Gasteiger partial charge in [-0.1, -0.05) is 12.1 Å². The quantitative estimate of drug-likeness (QED) is 0.666. The standard InChI is InChI=1S/C19H20FN3O3/c1-10-13-6-7-23(19(13)22-9-21-10)15-8-14(17(25)18(15)26)16(24)11-2-4-12(20)5-3-11/h2-7,9,14-18,24-26H,8H2,1H3/t14-,15-,16+,17-,18+/m1/s1. The Morgan fingerprint density at radius 3 is 2.58 bits per heavy atom. The molecule has 2 heterocycles. The summed E-state index contributed by atoms with van der Waals surface area (Å²) in [5, 5.41) is 32.6. The summed E-state index contributed by atoms with van der Waals surface area (Å²) in [5.41, 5.74) is 2.04. The fourth-order valence-corrected chi connectivity index (χ4v) is 3.90. The molecular formula is C19H20FN3O3. The lowest BCUT2D eigenvalue weighted by molar-refractivity contribution is -0.0264. The van der Waals surface area contributed by atoms with Gasteiger partial charge in [-0.2, -0.15) is 0 Å². The molecule has 136 valence electrons. The van der Waals surface area contributed by atoms with Crippen molar-refractivity contribution in [1.29, 1.82) is 0 Å². The van der Waals surface area contributed by atoms with E-state index in [4.69, 9.17) is 0 Å². The molecule has 0 bridgehead atoms. The highest BCUT2D eigenvalue weighted by atomic mass is 19.1. The number of aliphatic hydroxyl groups is 3. The number of rotatable bonds is 3. The van der Waals surface area contributed by atoms with Crippen LogP contribution < -0.4 is 0 Å². The summed E-state index contributed by atoms with van der Waals surface area (Å²) in [6.45, 7) is 1.88. The Labute approximate surface area is 149 Å². The van der Waals surface area contributed by atoms with Crippen LogP contribution in [0.2, 0.25) is 0 Å². The highest BCUT2D eigenvalue weighted by Crippen LogP contribution is 2.43. The average molecular weight is 357 g/mol. The molecule has 1 aromatic carbocycles. The van der Waals surface area contributed by atoms with Crippen molar-refractivity contribution < 1.29 is 19.7 Å². The Kier molecular flexibility index (Phi) is 4.22. The Hall–Kier alpha value is -2.35. The third-order valence-electron chi connectivity index (χ3n) is 5.38. The summed E-state index contributed by atoms with van der Waals surface area (Å²) >= 11 is 0. The van der Waals surface area contributed by atoms with E-state index >= 15 is 0 Å². The van der Waals surface area contributed by atoms with Crippen LogP contribution >= 0.6 is 0 Å². The van der Waals surface area contributed by atoms with E-state index in [9.17, 15) is 19.7 Å². The number of aryl methyl sites for hydroxylation is 1. The number of hydrogen-bond donors (Lipinski definition) is 3. The van der Waals surface area contributed by atoms with Crippen molar-refractivity contribution in [2.24, 2.45) is 5.92 Å². The van der Waals surface area contributed by atoms with Crippen LogP contribution in [-0.4, -0.2) is 42.1 Å². The Morgan fingerprint density at radius 2 is 1.85 bits per heavy atom. The molecule has 4 rings (SSSR count). The molecule has 1 saturated carbocycles. The zero-order valence-electron chi connectivity index (χ0n) is 14.2. The SMILES string of the molecule is Cc1ncnc2c1ccn2[C@@H]1C[C@H]([C@@H](O)c2ccc(F)cc2)[C@@H](O)[C@H]1O. The highest BCUT2D eigenvalue weighted by molar-refractivity contribution is 5.78. The molecule has 2 aromatic heterocycles. The van der Waals surface area contributed by atoms with Crippen molar-refractivity contribution in [2.45, 2.75) is 37.7 Å². The van der Waals surface area contributed by atoms with E-state index in [-0.39, 0.29) is 5.82 Å². The molecule has 6 nitrogen and oxygen atoms in total. The summed E-state index contributed by atoms with van der Waals surface area (Å²) in [5.74, 6) is -0.958. The predicted molar refractivity (Wildman–Crippen MR) is 92.8 cm³/mol. The van der Waals surface area contributed by atoms with E-state index in [0.29, 0.717) is 17.6 Å². The molecule has 0 aliphatic heterocycles. The first-order valence-electron chi connectivity index (χ1n) is 8.55. The molecule has 26 heavy (non-hydrogen) atoms. The summed E-state index contributed by atoms with van der Waals surface area (Å²) in [6, 6.07) is 6.99. The van der Waals surface area contributed by atoms with Gasteiger partial charge in [-0.15, -0.1) is 0 Å². The van der Waals surface area contributed by atoms with Gasteiger partial charge in [-0.25, -0.2) is 14.4 Å². The lowest BCUT2D eigenvalue weighted by Gasteiger charge is -2.22. The fourth-order valence-electron chi connectivity index (χ4n) is 3.90. The largest absolute Gasteiger partial charge is 0.390 e. The number of nitrogens with zero attached hydrogens (tertiary/aromatic N) is 3. The molecule has 1 fully saturated rings. The minimum Gasteiger partial charge on any atom is -0.390 e. The van der Waals surface area contributed by atoms with Gasteiger partial charge in [0.15, 0.2) is 0 Å². The maximum absolute atomic E-state index is 13.1. The molecule has 1 aliphatic carbocycles. The van der Waals surface area contributed by atoms with Gasteiger partial charge in [0.25, 0.3) is 0 Å². The second kappa shape index (κ2) is 6.42. The smallest absolute Gasteiger partial charge is 0.143 e. The third kappa shape index (κ3) is 2.68.